The van der Waals surface area contributed by atoms with E-state index >= 15 is 0 Å². The van der Waals surface area contributed by atoms with Crippen LogP contribution in [0, 0.1) is 15.9 Å². The summed E-state index contributed by atoms with van der Waals surface area (Å²) < 4.78 is 14.7. The summed E-state index contributed by atoms with van der Waals surface area (Å²) in [5, 5.41) is 10.9. The number of halogens is 1. The molecule has 17 heavy (non-hydrogen) atoms. The average Bonchev–Trinajstić information content (AvgIpc) is 2.76. The minimum atomic E-state index is -0.534. The van der Waals surface area contributed by atoms with E-state index < -0.39 is 10.7 Å². The van der Waals surface area contributed by atoms with Gasteiger partial charge in [0.1, 0.15) is 17.3 Å². The number of imidazole rings is 1. The fourth-order valence-corrected chi connectivity index (χ4v) is 1.66. The summed E-state index contributed by atoms with van der Waals surface area (Å²) in [4.78, 5) is 14.4. The lowest BCUT2D eigenvalue weighted by Crippen LogP contribution is -2.03. The second-order valence-electron chi connectivity index (χ2n) is 3.46. The molecule has 6 heteroatoms. The minimum absolute atomic E-state index is 0.140. The Hall–Kier alpha value is -2.24. The first-order chi connectivity index (χ1) is 8.13. The number of nitro groups is 1. The van der Waals surface area contributed by atoms with Crippen LogP contribution < -0.4 is 0 Å². The molecule has 0 fully saturated rings. The molecule has 1 aromatic heterocycles. The Balaban J connectivity index is 2.65. The van der Waals surface area contributed by atoms with Gasteiger partial charge in [0.2, 0.25) is 0 Å². The maximum Gasteiger partial charge on any atom is 0.293 e. The van der Waals surface area contributed by atoms with Gasteiger partial charge < -0.3 is 0 Å². The number of hydrogen-bond acceptors (Lipinski definition) is 3. The summed E-state index contributed by atoms with van der Waals surface area (Å²) in [5.74, 6) is 0.139. The minimum Gasteiger partial charge on any atom is -0.297 e. The Bertz CT molecular complexity index is 566. The van der Waals surface area contributed by atoms with Crippen LogP contribution in [0.1, 0.15) is 12.7 Å². The van der Waals surface area contributed by atoms with Crippen molar-refractivity contribution in [2.24, 2.45) is 0 Å². The van der Waals surface area contributed by atoms with Gasteiger partial charge in [0.05, 0.1) is 4.92 Å². The first-order valence-corrected chi connectivity index (χ1v) is 5.10. The molecule has 2 aromatic rings. The monoisotopic (exact) mass is 235 g/mol. The largest absolute Gasteiger partial charge is 0.297 e. The quantitative estimate of drug-likeness (QED) is 0.606. The Morgan fingerprint density at radius 2 is 2.29 bits per heavy atom. The van der Waals surface area contributed by atoms with Gasteiger partial charge in [-0.15, -0.1) is 0 Å². The van der Waals surface area contributed by atoms with E-state index in [1.54, 1.807) is 6.20 Å². The number of hydrogen-bond donors (Lipinski definition) is 0. The normalized spacial score (nSPS) is 10.5. The second-order valence-corrected chi connectivity index (χ2v) is 3.46. The lowest BCUT2D eigenvalue weighted by molar-refractivity contribution is -0.384. The molecule has 0 aliphatic heterocycles. The molecule has 0 amide bonds. The number of benzene rings is 1. The number of aryl methyl sites for hydroxylation is 1. The topological polar surface area (TPSA) is 61.0 Å². The van der Waals surface area contributed by atoms with Crippen LogP contribution in [0.4, 0.5) is 10.1 Å². The molecule has 88 valence electrons. The summed E-state index contributed by atoms with van der Waals surface area (Å²) in [6.45, 7) is 1.88. The summed E-state index contributed by atoms with van der Waals surface area (Å²) in [6, 6.07) is 3.37. The molecule has 5 nitrogen and oxygen atoms in total. The molecule has 0 aliphatic carbocycles. The van der Waals surface area contributed by atoms with Crippen molar-refractivity contribution in [3.63, 3.8) is 0 Å². The number of nitro benzene ring substituents is 1. The van der Waals surface area contributed by atoms with Crippen LogP contribution in [0.15, 0.2) is 30.6 Å². The van der Waals surface area contributed by atoms with Crippen molar-refractivity contribution >= 4 is 5.69 Å². The van der Waals surface area contributed by atoms with E-state index in [1.807, 2.05) is 6.92 Å². The van der Waals surface area contributed by atoms with Crippen molar-refractivity contribution in [1.82, 2.24) is 9.55 Å². The van der Waals surface area contributed by atoms with Crippen molar-refractivity contribution in [1.29, 1.82) is 0 Å². The molecular weight excluding hydrogens is 225 g/mol. The molecule has 0 N–H and O–H groups in total. The van der Waals surface area contributed by atoms with E-state index in [9.17, 15) is 14.5 Å². The van der Waals surface area contributed by atoms with Crippen molar-refractivity contribution in [3.8, 4) is 5.69 Å². The van der Waals surface area contributed by atoms with Crippen LogP contribution in [0.5, 0.6) is 0 Å². The van der Waals surface area contributed by atoms with E-state index in [4.69, 9.17) is 0 Å². The summed E-state index contributed by atoms with van der Waals surface area (Å²) >= 11 is 0. The predicted octanol–water partition coefficient (Wildman–Crippen LogP) is 2.48. The highest BCUT2D eigenvalue weighted by atomic mass is 19.1. The summed E-state index contributed by atoms with van der Waals surface area (Å²) in [7, 11) is 0. The third kappa shape index (κ3) is 2.01. The van der Waals surface area contributed by atoms with Gasteiger partial charge in [-0.2, -0.15) is 0 Å². The molecule has 2 rings (SSSR count). The molecule has 0 radical (unpaired) electrons. The van der Waals surface area contributed by atoms with Gasteiger partial charge in [-0.3, -0.25) is 14.7 Å². The van der Waals surface area contributed by atoms with E-state index in [2.05, 4.69) is 4.98 Å². The highest BCUT2D eigenvalue weighted by Crippen LogP contribution is 2.24. The van der Waals surface area contributed by atoms with Gasteiger partial charge in [0.25, 0.3) is 5.69 Å². The first kappa shape index (κ1) is 11.3. The van der Waals surface area contributed by atoms with Gasteiger partial charge in [0, 0.05) is 30.9 Å². The summed E-state index contributed by atoms with van der Waals surface area (Å²) in [6.07, 6.45) is 3.73. The molecular formula is C11H10FN3O2. The molecule has 0 unspecified atom stereocenters. The van der Waals surface area contributed by atoms with Gasteiger partial charge in [-0.25, -0.2) is 9.37 Å². The third-order valence-electron chi connectivity index (χ3n) is 2.43. The summed E-state index contributed by atoms with van der Waals surface area (Å²) in [5.41, 5.74) is 0.0588. The van der Waals surface area contributed by atoms with E-state index in [0.717, 1.165) is 18.2 Å². The van der Waals surface area contributed by atoms with Crippen molar-refractivity contribution in [2.75, 3.05) is 0 Å². The smallest absolute Gasteiger partial charge is 0.293 e. The van der Waals surface area contributed by atoms with Crippen molar-refractivity contribution < 1.29 is 9.31 Å². The molecule has 0 saturated carbocycles. The van der Waals surface area contributed by atoms with E-state index in [-0.39, 0.29) is 11.4 Å². The zero-order valence-electron chi connectivity index (χ0n) is 9.13. The fraction of sp³-hybridized carbons (Fsp3) is 0.182. The molecule has 1 heterocycles. The van der Waals surface area contributed by atoms with E-state index in [1.165, 1.54) is 10.8 Å². The van der Waals surface area contributed by atoms with Gasteiger partial charge in [-0.1, -0.05) is 6.92 Å². The van der Waals surface area contributed by atoms with Crippen molar-refractivity contribution in [3.05, 3.63) is 52.3 Å². The van der Waals surface area contributed by atoms with Crippen LogP contribution in [0.2, 0.25) is 0 Å². The Kier molecular flexibility index (Phi) is 2.86. The number of rotatable bonds is 3. The van der Waals surface area contributed by atoms with Crippen LogP contribution in [0.25, 0.3) is 5.69 Å². The highest BCUT2D eigenvalue weighted by molar-refractivity contribution is 5.53. The Labute approximate surface area is 96.7 Å². The molecule has 1 aromatic carbocycles. The van der Waals surface area contributed by atoms with Crippen LogP contribution >= 0.6 is 0 Å². The SMILES string of the molecule is CCc1nccn1-c1cc(F)ccc1[N+](=O)[O-]. The van der Waals surface area contributed by atoms with Gasteiger partial charge in [-0.05, 0) is 6.07 Å². The predicted molar refractivity (Wildman–Crippen MR) is 59.6 cm³/mol. The van der Waals surface area contributed by atoms with Gasteiger partial charge in [0.15, 0.2) is 0 Å². The zero-order chi connectivity index (χ0) is 12.4. The fourth-order valence-electron chi connectivity index (χ4n) is 1.66. The Morgan fingerprint density at radius 3 is 2.94 bits per heavy atom. The lowest BCUT2D eigenvalue weighted by atomic mass is 10.2. The highest BCUT2D eigenvalue weighted by Gasteiger charge is 2.17. The molecule has 0 spiro atoms. The molecule has 0 aliphatic rings. The first-order valence-electron chi connectivity index (χ1n) is 5.10. The lowest BCUT2D eigenvalue weighted by Gasteiger charge is -2.07. The second kappa shape index (κ2) is 4.32. The van der Waals surface area contributed by atoms with Crippen LogP contribution in [0.3, 0.4) is 0 Å². The van der Waals surface area contributed by atoms with Crippen molar-refractivity contribution in [2.45, 2.75) is 13.3 Å². The van der Waals surface area contributed by atoms with E-state index in [0.29, 0.717) is 12.2 Å². The van der Waals surface area contributed by atoms with Crippen LogP contribution in [-0.2, 0) is 6.42 Å². The zero-order valence-corrected chi connectivity index (χ0v) is 9.13. The van der Waals surface area contributed by atoms with Gasteiger partial charge >= 0.3 is 0 Å². The molecule has 0 saturated heterocycles. The maximum absolute atomic E-state index is 13.2. The third-order valence-corrected chi connectivity index (χ3v) is 2.43. The Morgan fingerprint density at radius 1 is 1.53 bits per heavy atom. The molecule has 0 atom stereocenters. The van der Waals surface area contributed by atoms with Crippen LogP contribution in [-0.4, -0.2) is 14.5 Å². The average molecular weight is 235 g/mol. The molecule has 0 bridgehead atoms. The standard InChI is InChI=1S/C11H10FN3O2/c1-2-11-13-5-6-14(11)10-7-8(12)3-4-9(10)15(16)17/h3-7H,2H2,1H3. The maximum atomic E-state index is 13.2. The number of nitrogens with zero attached hydrogens (tertiary/aromatic N) is 3. The number of aromatic nitrogens is 2.